The molecule has 1 atom stereocenters. The second-order valence-electron chi connectivity index (χ2n) is 3.59. The van der Waals surface area contributed by atoms with Crippen LogP contribution >= 0.6 is 15.9 Å². The van der Waals surface area contributed by atoms with Gasteiger partial charge >= 0.3 is 6.18 Å². The van der Waals surface area contributed by atoms with Crippen molar-refractivity contribution in [1.82, 2.24) is 4.98 Å². The molecule has 6 heteroatoms. The Morgan fingerprint density at radius 2 is 2.06 bits per heavy atom. The third-order valence-corrected chi connectivity index (χ3v) is 2.53. The van der Waals surface area contributed by atoms with E-state index in [1.54, 1.807) is 18.3 Å². The molecule has 1 unspecified atom stereocenters. The lowest BCUT2D eigenvalue weighted by molar-refractivity contribution is -0.136. The van der Waals surface area contributed by atoms with Crippen LogP contribution in [0.15, 0.2) is 22.8 Å². The number of nitrogens with zero attached hydrogens (tertiary/aromatic N) is 1. The second kappa shape index (κ2) is 5.63. The minimum atomic E-state index is -4.13. The standard InChI is InChI=1S/C10H12BrF3N2/c11-7-1-2-9(16-6-7)5-8(15)3-4-10(12,13)14/h1-2,6,8H,3-5,15H2. The van der Waals surface area contributed by atoms with Crippen LogP contribution in [0.4, 0.5) is 13.2 Å². The monoisotopic (exact) mass is 296 g/mol. The van der Waals surface area contributed by atoms with Gasteiger partial charge < -0.3 is 5.73 Å². The van der Waals surface area contributed by atoms with Gasteiger partial charge in [-0.2, -0.15) is 13.2 Å². The Hall–Kier alpha value is -0.620. The summed E-state index contributed by atoms with van der Waals surface area (Å²) in [6.07, 6.45) is -3.08. The lowest BCUT2D eigenvalue weighted by Crippen LogP contribution is -2.25. The molecule has 0 aromatic carbocycles. The van der Waals surface area contributed by atoms with E-state index in [1.807, 2.05) is 0 Å². The topological polar surface area (TPSA) is 38.9 Å². The van der Waals surface area contributed by atoms with Gasteiger partial charge in [0.1, 0.15) is 0 Å². The lowest BCUT2D eigenvalue weighted by Gasteiger charge is -2.12. The van der Waals surface area contributed by atoms with Gasteiger partial charge in [0.05, 0.1) is 0 Å². The van der Waals surface area contributed by atoms with Crippen LogP contribution in [0, 0.1) is 0 Å². The molecule has 0 saturated heterocycles. The summed E-state index contributed by atoms with van der Waals surface area (Å²) in [7, 11) is 0. The molecule has 0 aliphatic carbocycles. The zero-order valence-electron chi connectivity index (χ0n) is 8.47. The highest BCUT2D eigenvalue weighted by molar-refractivity contribution is 9.10. The average molecular weight is 297 g/mol. The number of halogens is 4. The smallest absolute Gasteiger partial charge is 0.327 e. The maximum atomic E-state index is 11.9. The average Bonchev–Trinajstić information content (AvgIpc) is 2.18. The van der Waals surface area contributed by atoms with E-state index in [0.29, 0.717) is 12.1 Å². The fraction of sp³-hybridized carbons (Fsp3) is 0.500. The first-order valence-corrected chi connectivity index (χ1v) is 5.59. The van der Waals surface area contributed by atoms with E-state index in [-0.39, 0.29) is 6.42 Å². The minimum Gasteiger partial charge on any atom is -0.327 e. The lowest BCUT2D eigenvalue weighted by atomic mass is 10.1. The molecule has 0 fully saturated rings. The summed E-state index contributed by atoms with van der Waals surface area (Å²) in [6, 6.07) is 3.03. The fourth-order valence-corrected chi connectivity index (χ4v) is 1.48. The number of hydrogen-bond donors (Lipinski definition) is 1. The summed E-state index contributed by atoms with van der Waals surface area (Å²) in [4.78, 5) is 4.05. The maximum absolute atomic E-state index is 11.9. The summed E-state index contributed by atoms with van der Waals surface area (Å²) in [5, 5.41) is 0. The molecule has 1 rings (SSSR count). The highest BCUT2D eigenvalue weighted by Gasteiger charge is 2.27. The first kappa shape index (κ1) is 13.4. The number of nitrogens with two attached hydrogens (primary N) is 1. The molecule has 90 valence electrons. The van der Waals surface area contributed by atoms with Crippen LogP contribution in [0.25, 0.3) is 0 Å². The molecule has 1 aromatic rings. The molecule has 0 radical (unpaired) electrons. The van der Waals surface area contributed by atoms with Crippen molar-refractivity contribution >= 4 is 15.9 Å². The molecule has 0 saturated carbocycles. The third-order valence-electron chi connectivity index (χ3n) is 2.06. The summed E-state index contributed by atoms with van der Waals surface area (Å²) in [5.41, 5.74) is 6.31. The molecule has 0 aliphatic rings. The number of alkyl halides is 3. The summed E-state index contributed by atoms with van der Waals surface area (Å²) >= 11 is 3.23. The molecule has 16 heavy (non-hydrogen) atoms. The van der Waals surface area contributed by atoms with Crippen LogP contribution < -0.4 is 5.73 Å². The van der Waals surface area contributed by atoms with Gasteiger partial charge in [0.25, 0.3) is 0 Å². The predicted octanol–water partition coefficient (Wildman–Crippen LogP) is 3.06. The summed E-state index contributed by atoms with van der Waals surface area (Å²) in [5.74, 6) is 0. The molecule has 0 aliphatic heterocycles. The van der Waals surface area contributed by atoms with Gasteiger partial charge in [-0.15, -0.1) is 0 Å². The Morgan fingerprint density at radius 3 is 2.56 bits per heavy atom. The van der Waals surface area contributed by atoms with Crippen molar-refractivity contribution in [1.29, 1.82) is 0 Å². The Kier molecular flexibility index (Phi) is 4.73. The largest absolute Gasteiger partial charge is 0.389 e. The first-order valence-electron chi connectivity index (χ1n) is 4.79. The predicted molar refractivity (Wildman–Crippen MR) is 58.9 cm³/mol. The molecule has 0 spiro atoms. The molecule has 1 aromatic heterocycles. The molecule has 0 bridgehead atoms. The summed E-state index contributed by atoms with van der Waals surface area (Å²) < 4.78 is 36.6. The van der Waals surface area contributed by atoms with Gasteiger partial charge in [0.2, 0.25) is 0 Å². The molecule has 0 amide bonds. The SMILES string of the molecule is NC(CCC(F)(F)F)Cc1ccc(Br)cn1. The normalized spacial score (nSPS) is 13.8. The highest BCUT2D eigenvalue weighted by Crippen LogP contribution is 2.22. The second-order valence-corrected chi connectivity index (χ2v) is 4.50. The summed E-state index contributed by atoms with van der Waals surface area (Å²) in [6.45, 7) is 0. The quantitative estimate of drug-likeness (QED) is 0.927. The molecular formula is C10H12BrF3N2. The van der Waals surface area contributed by atoms with E-state index < -0.39 is 18.6 Å². The maximum Gasteiger partial charge on any atom is 0.389 e. The number of hydrogen-bond acceptors (Lipinski definition) is 2. The van der Waals surface area contributed by atoms with Gasteiger partial charge in [-0.05, 0) is 34.5 Å². The van der Waals surface area contributed by atoms with Crippen molar-refractivity contribution in [3.05, 3.63) is 28.5 Å². The molecule has 2 nitrogen and oxygen atoms in total. The van der Waals surface area contributed by atoms with Gasteiger partial charge in [0, 0.05) is 35.2 Å². The van der Waals surface area contributed by atoms with Gasteiger partial charge in [-0.3, -0.25) is 4.98 Å². The van der Waals surface area contributed by atoms with Crippen LogP contribution in [-0.2, 0) is 6.42 Å². The van der Waals surface area contributed by atoms with E-state index in [1.165, 1.54) is 0 Å². The van der Waals surface area contributed by atoms with Crippen molar-refractivity contribution in [3.8, 4) is 0 Å². The van der Waals surface area contributed by atoms with E-state index in [0.717, 1.165) is 4.47 Å². The van der Waals surface area contributed by atoms with Crippen molar-refractivity contribution in [3.63, 3.8) is 0 Å². The van der Waals surface area contributed by atoms with Crippen LogP contribution in [0.1, 0.15) is 18.5 Å². The molecule has 1 heterocycles. The van der Waals surface area contributed by atoms with Crippen LogP contribution in [0.3, 0.4) is 0 Å². The van der Waals surface area contributed by atoms with Gasteiger partial charge in [-0.1, -0.05) is 0 Å². The Labute approximate surface area is 100 Å². The minimum absolute atomic E-state index is 0.0682. The van der Waals surface area contributed by atoms with Crippen molar-refractivity contribution < 1.29 is 13.2 Å². The Balaban J connectivity index is 2.39. The van der Waals surface area contributed by atoms with E-state index >= 15 is 0 Å². The molecular weight excluding hydrogens is 285 g/mol. The van der Waals surface area contributed by atoms with Crippen molar-refractivity contribution in [2.24, 2.45) is 5.73 Å². The Morgan fingerprint density at radius 1 is 1.38 bits per heavy atom. The van der Waals surface area contributed by atoms with E-state index in [9.17, 15) is 13.2 Å². The molecule has 2 N–H and O–H groups in total. The van der Waals surface area contributed by atoms with Crippen LogP contribution in [0.5, 0.6) is 0 Å². The first-order chi connectivity index (χ1) is 7.37. The van der Waals surface area contributed by atoms with Crippen LogP contribution in [-0.4, -0.2) is 17.2 Å². The zero-order valence-corrected chi connectivity index (χ0v) is 10.1. The van der Waals surface area contributed by atoms with E-state index in [2.05, 4.69) is 20.9 Å². The number of rotatable bonds is 4. The van der Waals surface area contributed by atoms with Gasteiger partial charge in [-0.25, -0.2) is 0 Å². The number of aromatic nitrogens is 1. The van der Waals surface area contributed by atoms with Gasteiger partial charge in [0.15, 0.2) is 0 Å². The zero-order chi connectivity index (χ0) is 12.2. The fourth-order valence-electron chi connectivity index (χ4n) is 1.25. The third kappa shape index (κ3) is 5.46. The Bertz CT molecular complexity index is 324. The highest BCUT2D eigenvalue weighted by atomic mass is 79.9. The van der Waals surface area contributed by atoms with Crippen molar-refractivity contribution in [2.75, 3.05) is 0 Å². The van der Waals surface area contributed by atoms with E-state index in [4.69, 9.17) is 5.73 Å². The van der Waals surface area contributed by atoms with Crippen molar-refractivity contribution in [2.45, 2.75) is 31.5 Å². The number of pyridine rings is 1. The van der Waals surface area contributed by atoms with Crippen LogP contribution in [0.2, 0.25) is 0 Å².